The summed E-state index contributed by atoms with van der Waals surface area (Å²) in [6.07, 6.45) is -0.0513. The molecule has 1 saturated heterocycles. The van der Waals surface area contributed by atoms with Crippen LogP contribution in [0, 0.1) is 5.92 Å². The predicted molar refractivity (Wildman–Crippen MR) is 67.3 cm³/mol. The fourth-order valence-corrected chi connectivity index (χ4v) is 2.75. The van der Waals surface area contributed by atoms with Crippen molar-refractivity contribution in [1.82, 2.24) is 10.2 Å². The highest BCUT2D eigenvalue weighted by Gasteiger charge is 2.37. The van der Waals surface area contributed by atoms with Crippen molar-refractivity contribution in [2.75, 3.05) is 18.1 Å². The molecule has 1 amide bonds. The standard InChI is InChI=1S/C11H22N2O3S/c1-5-17(15,16)7-6-13-10(8(2)3)12-9(4)11(13)14/h8-10,12H,5-7H2,1-4H3. The topological polar surface area (TPSA) is 66.5 Å². The molecule has 5 nitrogen and oxygen atoms in total. The van der Waals surface area contributed by atoms with Crippen LogP contribution in [0.2, 0.25) is 0 Å². The normalized spacial score (nSPS) is 25.9. The Morgan fingerprint density at radius 3 is 2.47 bits per heavy atom. The molecule has 100 valence electrons. The van der Waals surface area contributed by atoms with E-state index in [1.54, 1.807) is 11.8 Å². The Balaban J connectivity index is 2.70. The molecule has 0 bridgehead atoms. The van der Waals surface area contributed by atoms with Crippen LogP contribution in [0.5, 0.6) is 0 Å². The van der Waals surface area contributed by atoms with Gasteiger partial charge in [-0.25, -0.2) is 8.42 Å². The number of sulfone groups is 1. The maximum atomic E-state index is 11.9. The summed E-state index contributed by atoms with van der Waals surface area (Å²) in [5.74, 6) is 0.445. The van der Waals surface area contributed by atoms with E-state index < -0.39 is 9.84 Å². The van der Waals surface area contributed by atoms with E-state index in [9.17, 15) is 13.2 Å². The highest BCUT2D eigenvalue weighted by Crippen LogP contribution is 2.17. The van der Waals surface area contributed by atoms with Crippen LogP contribution >= 0.6 is 0 Å². The molecule has 0 saturated carbocycles. The van der Waals surface area contributed by atoms with Gasteiger partial charge in [-0.05, 0) is 12.8 Å². The van der Waals surface area contributed by atoms with Gasteiger partial charge >= 0.3 is 0 Å². The molecule has 0 radical (unpaired) electrons. The number of carbonyl (C=O) groups excluding carboxylic acids is 1. The maximum Gasteiger partial charge on any atom is 0.240 e. The van der Waals surface area contributed by atoms with E-state index in [2.05, 4.69) is 5.32 Å². The zero-order chi connectivity index (χ0) is 13.2. The second-order valence-corrected chi connectivity index (χ2v) is 7.32. The molecule has 1 rings (SSSR count). The minimum absolute atomic E-state index is 0.00463. The van der Waals surface area contributed by atoms with Crippen LogP contribution in [-0.4, -0.2) is 49.5 Å². The van der Waals surface area contributed by atoms with Crippen molar-refractivity contribution in [3.63, 3.8) is 0 Å². The number of hydrogen-bond acceptors (Lipinski definition) is 4. The zero-order valence-electron chi connectivity index (χ0n) is 10.9. The first kappa shape index (κ1) is 14.4. The maximum absolute atomic E-state index is 11.9. The summed E-state index contributed by atoms with van der Waals surface area (Å²) >= 11 is 0. The Bertz CT molecular complexity index is 378. The minimum atomic E-state index is -3.02. The lowest BCUT2D eigenvalue weighted by molar-refractivity contribution is -0.129. The van der Waals surface area contributed by atoms with Crippen molar-refractivity contribution < 1.29 is 13.2 Å². The van der Waals surface area contributed by atoms with Gasteiger partial charge < -0.3 is 4.90 Å². The Morgan fingerprint density at radius 2 is 2.00 bits per heavy atom. The van der Waals surface area contributed by atoms with Gasteiger partial charge in [0.1, 0.15) is 0 Å². The molecule has 1 aliphatic heterocycles. The fraction of sp³-hybridized carbons (Fsp3) is 0.909. The monoisotopic (exact) mass is 262 g/mol. The summed E-state index contributed by atoms with van der Waals surface area (Å²) in [5, 5.41) is 3.19. The van der Waals surface area contributed by atoms with Gasteiger partial charge in [-0.1, -0.05) is 20.8 Å². The highest BCUT2D eigenvalue weighted by atomic mass is 32.2. The van der Waals surface area contributed by atoms with Crippen LogP contribution in [0.25, 0.3) is 0 Å². The molecule has 0 spiro atoms. The molecule has 0 aliphatic carbocycles. The van der Waals surface area contributed by atoms with Crippen LogP contribution in [0.3, 0.4) is 0 Å². The first-order chi connectivity index (χ1) is 7.78. The second kappa shape index (κ2) is 5.35. The van der Waals surface area contributed by atoms with E-state index in [1.165, 1.54) is 0 Å². The molecule has 2 atom stereocenters. The van der Waals surface area contributed by atoms with Crippen LogP contribution < -0.4 is 5.32 Å². The number of amides is 1. The summed E-state index contributed by atoms with van der Waals surface area (Å²) in [6, 6.07) is -0.216. The van der Waals surface area contributed by atoms with Gasteiger partial charge in [0.15, 0.2) is 9.84 Å². The SMILES string of the molecule is CCS(=O)(=O)CCN1C(=O)C(C)NC1C(C)C. The smallest absolute Gasteiger partial charge is 0.240 e. The van der Waals surface area contributed by atoms with Gasteiger partial charge in [0.2, 0.25) is 5.91 Å². The van der Waals surface area contributed by atoms with Gasteiger partial charge in [0.05, 0.1) is 18.0 Å². The number of carbonyl (C=O) groups is 1. The molecule has 1 fully saturated rings. The molecular formula is C11H22N2O3S. The molecule has 1 N–H and O–H groups in total. The van der Waals surface area contributed by atoms with Crippen molar-refractivity contribution in [2.24, 2.45) is 5.92 Å². The highest BCUT2D eigenvalue weighted by molar-refractivity contribution is 7.91. The number of nitrogens with one attached hydrogen (secondary N) is 1. The third-order valence-electron chi connectivity index (χ3n) is 3.12. The van der Waals surface area contributed by atoms with Gasteiger partial charge in [0.25, 0.3) is 0 Å². The van der Waals surface area contributed by atoms with Crippen molar-refractivity contribution in [2.45, 2.75) is 39.9 Å². The van der Waals surface area contributed by atoms with Gasteiger partial charge in [-0.15, -0.1) is 0 Å². The Hall–Kier alpha value is -0.620. The van der Waals surface area contributed by atoms with E-state index >= 15 is 0 Å². The van der Waals surface area contributed by atoms with E-state index in [0.29, 0.717) is 0 Å². The lowest BCUT2D eigenvalue weighted by atomic mass is 10.1. The Labute approximate surface area is 103 Å². The summed E-state index contributed by atoms with van der Waals surface area (Å²) < 4.78 is 22.9. The molecule has 1 aliphatic rings. The molecule has 1 heterocycles. The molecule has 2 unspecified atom stereocenters. The summed E-state index contributed by atoms with van der Waals surface area (Å²) in [4.78, 5) is 13.5. The first-order valence-electron chi connectivity index (χ1n) is 6.05. The van der Waals surface area contributed by atoms with Crippen LogP contribution in [0.4, 0.5) is 0 Å². The average molecular weight is 262 g/mol. The number of hydrogen-bond donors (Lipinski definition) is 1. The van der Waals surface area contributed by atoms with Gasteiger partial charge in [0, 0.05) is 12.3 Å². The van der Waals surface area contributed by atoms with Crippen LogP contribution in [0.1, 0.15) is 27.7 Å². The van der Waals surface area contributed by atoms with Crippen LogP contribution in [-0.2, 0) is 14.6 Å². The largest absolute Gasteiger partial charge is 0.325 e. The lowest BCUT2D eigenvalue weighted by Crippen LogP contribution is -2.43. The third kappa shape index (κ3) is 3.42. The summed E-state index contributed by atoms with van der Waals surface area (Å²) in [5.41, 5.74) is 0. The zero-order valence-corrected chi connectivity index (χ0v) is 11.8. The quantitative estimate of drug-likeness (QED) is 0.770. The lowest BCUT2D eigenvalue weighted by Gasteiger charge is -2.27. The van der Waals surface area contributed by atoms with E-state index in [4.69, 9.17) is 0 Å². The second-order valence-electron chi connectivity index (χ2n) is 4.85. The molecular weight excluding hydrogens is 240 g/mol. The van der Waals surface area contributed by atoms with Crippen molar-refractivity contribution in [1.29, 1.82) is 0 Å². The van der Waals surface area contributed by atoms with Crippen LogP contribution in [0.15, 0.2) is 0 Å². The Kier molecular flexibility index (Phi) is 4.55. The first-order valence-corrected chi connectivity index (χ1v) is 7.87. The van der Waals surface area contributed by atoms with E-state index in [-0.39, 0.29) is 42.1 Å². The molecule has 0 aromatic rings. The van der Waals surface area contributed by atoms with Crippen molar-refractivity contribution in [3.8, 4) is 0 Å². The van der Waals surface area contributed by atoms with Crippen molar-refractivity contribution >= 4 is 15.7 Å². The number of nitrogens with zero attached hydrogens (tertiary/aromatic N) is 1. The predicted octanol–water partition coefficient (Wildman–Crippen LogP) is 0.224. The Morgan fingerprint density at radius 1 is 1.41 bits per heavy atom. The number of rotatable bonds is 5. The van der Waals surface area contributed by atoms with Gasteiger partial charge in [-0.2, -0.15) is 0 Å². The van der Waals surface area contributed by atoms with E-state index in [0.717, 1.165) is 0 Å². The van der Waals surface area contributed by atoms with E-state index in [1.807, 2.05) is 20.8 Å². The third-order valence-corrected chi connectivity index (χ3v) is 4.81. The molecule has 0 aromatic carbocycles. The minimum Gasteiger partial charge on any atom is -0.325 e. The summed E-state index contributed by atoms with van der Waals surface area (Å²) in [6.45, 7) is 7.76. The summed E-state index contributed by atoms with van der Waals surface area (Å²) in [7, 11) is -3.02. The molecule has 6 heteroatoms. The average Bonchev–Trinajstić information content (AvgIpc) is 2.53. The van der Waals surface area contributed by atoms with Gasteiger partial charge in [-0.3, -0.25) is 10.1 Å². The van der Waals surface area contributed by atoms with Crippen molar-refractivity contribution in [3.05, 3.63) is 0 Å². The fourth-order valence-electron chi connectivity index (χ4n) is 1.99. The molecule has 0 aromatic heterocycles. The molecule has 17 heavy (non-hydrogen) atoms.